The molecule has 1 saturated heterocycles. The summed E-state index contributed by atoms with van der Waals surface area (Å²) in [6, 6.07) is 4.52. The number of nitrogens with zero attached hydrogens (tertiary/aromatic N) is 6. The van der Waals surface area contributed by atoms with Crippen LogP contribution in [0.2, 0.25) is 5.02 Å². The van der Waals surface area contributed by atoms with Crippen molar-refractivity contribution >= 4 is 39.7 Å². The minimum atomic E-state index is -1.47. The molecule has 0 radical (unpaired) electrons. The highest BCUT2D eigenvalue weighted by molar-refractivity contribution is 6.31. The lowest BCUT2D eigenvalue weighted by molar-refractivity contribution is -0.132. The van der Waals surface area contributed by atoms with Crippen molar-refractivity contribution in [3.8, 4) is 0 Å². The molecular weight excluding hydrogens is 502 g/mol. The van der Waals surface area contributed by atoms with E-state index in [1.165, 1.54) is 34.5 Å². The fourth-order valence-corrected chi connectivity index (χ4v) is 5.31. The van der Waals surface area contributed by atoms with Crippen LogP contribution in [0.3, 0.4) is 0 Å². The Morgan fingerprint density at radius 2 is 2.00 bits per heavy atom. The number of hydrogen-bond donors (Lipinski definition) is 3. The van der Waals surface area contributed by atoms with Gasteiger partial charge in [-0.05, 0) is 25.1 Å². The topological polar surface area (TPSA) is 151 Å². The summed E-state index contributed by atoms with van der Waals surface area (Å²) < 4.78 is 3.75. The van der Waals surface area contributed by atoms with Gasteiger partial charge in [0.05, 0.1) is 35.1 Å². The van der Waals surface area contributed by atoms with E-state index in [4.69, 9.17) is 11.6 Å². The van der Waals surface area contributed by atoms with Crippen molar-refractivity contribution in [3.63, 3.8) is 0 Å². The molecule has 4 heterocycles. The number of carbonyl (C=O) groups excluding carboxylic acids is 1. The number of β-amino-alcohol motifs (C(OH)–C–C–N with tert-alkyl or cyclic N) is 1. The molecule has 0 aliphatic carbocycles. The van der Waals surface area contributed by atoms with E-state index < -0.39 is 29.0 Å². The van der Waals surface area contributed by atoms with E-state index in [-0.39, 0.29) is 43.0 Å². The number of aliphatic hydroxyl groups is 2. The second-order valence-corrected chi connectivity index (χ2v) is 10.3. The second kappa shape index (κ2) is 9.12. The number of imidazole rings is 2. The number of fused-ring (bicyclic) bond motifs is 2. The van der Waals surface area contributed by atoms with Crippen molar-refractivity contribution in [2.24, 2.45) is 14.1 Å². The van der Waals surface area contributed by atoms with E-state index in [0.717, 1.165) is 15.6 Å². The Balaban J connectivity index is 1.44. The number of rotatable bonds is 4. The molecule has 0 bridgehead atoms. The summed E-state index contributed by atoms with van der Waals surface area (Å²) in [4.78, 5) is 52.1. The quantitative estimate of drug-likeness (QED) is 0.348. The van der Waals surface area contributed by atoms with Crippen molar-refractivity contribution in [2.75, 3.05) is 13.1 Å². The van der Waals surface area contributed by atoms with E-state index in [0.29, 0.717) is 17.3 Å². The number of aromatic amines is 1. The standard InChI is InChI=1S/C24H28ClN7O5/c1-24(37)9-14(33)10-31(19(34)7-6-18-27-15-5-4-13(25)8-16(15)28-18)11-17(24)32-12-26-21-20(32)22(35)30(3)23(36)29(21)2/h4-5,8,12,14,17,33,37H,6-7,9-11H2,1-3H3,(H,27,28)/t14-,17+,24+/m0/s1. The zero-order chi connectivity index (χ0) is 26.6. The maximum Gasteiger partial charge on any atom is 0.332 e. The molecule has 0 unspecified atom stereocenters. The summed E-state index contributed by atoms with van der Waals surface area (Å²) in [7, 11) is 2.89. The van der Waals surface area contributed by atoms with Gasteiger partial charge in [0.15, 0.2) is 11.2 Å². The maximum atomic E-state index is 13.3. The van der Waals surface area contributed by atoms with Crippen LogP contribution >= 0.6 is 11.6 Å². The molecule has 5 rings (SSSR count). The summed E-state index contributed by atoms with van der Waals surface area (Å²) in [6.45, 7) is 1.63. The number of aliphatic hydroxyl groups excluding tert-OH is 1. The number of halogens is 1. The smallest absolute Gasteiger partial charge is 0.332 e. The second-order valence-electron chi connectivity index (χ2n) is 9.90. The normalized spacial score (nSPS) is 22.6. The Morgan fingerprint density at radius 3 is 2.76 bits per heavy atom. The highest BCUT2D eigenvalue weighted by atomic mass is 35.5. The first-order valence-corrected chi connectivity index (χ1v) is 12.3. The lowest BCUT2D eigenvalue weighted by Crippen LogP contribution is -2.44. The Morgan fingerprint density at radius 1 is 1.24 bits per heavy atom. The predicted molar refractivity (Wildman–Crippen MR) is 137 cm³/mol. The summed E-state index contributed by atoms with van der Waals surface area (Å²) in [6.07, 6.45) is 0.868. The molecule has 1 fully saturated rings. The molecule has 1 amide bonds. The van der Waals surface area contributed by atoms with E-state index >= 15 is 0 Å². The Labute approximate surface area is 215 Å². The summed E-state index contributed by atoms with van der Waals surface area (Å²) in [5.74, 6) is 0.402. The third-order valence-corrected chi connectivity index (χ3v) is 7.36. The van der Waals surface area contributed by atoms with E-state index in [1.54, 1.807) is 25.1 Å². The Kier molecular flexibility index (Phi) is 6.21. The number of H-pyrrole nitrogens is 1. The molecule has 1 aliphatic rings. The molecule has 0 spiro atoms. The number of carbonyl (C=O) groups is 1. The van der Waals surface area contributed by atoms with Gasteiger partial charge in [-0.1, -0.05) is 11.6 Å². The predicted octanol–water partition coefficient (Wildman–Crippen LogP) is 0.481. The monoisotopic (exact) mass is 529 g/mol. The van der Waals surface area contributed by atoms with E-state index in [2.05, 4.69) is 15.0 Å². The van der Waals surface area contributed by atoms with Crippen LogP contribution in [0.4, 0.5) is 0 Å². The number of aryl methyl sites for hydroxylation is 2. The zero-order valence-corrected chi connectivity index (χ0v) is 21.4. The van der Waals surface area contributed by atoms with Crippen LogP contribution in [0.1, 0.15) is 31.6 Å². The van der Waals surface area contributed by atoms with Gasteiger partial charge < -0.3 is 24.7 Å². The van der Waals surface area contributed by atoms with Crippen LogP contribution in [-0.4, -0.2) is 74.5 Å². The van der Waals surface area contributed by atoms with E-state index in [9.17, 15) is 24.6 Å². The molecule has 37 heavy (non-hydrogen) atoms. The van der Waals surface area contributed by atoms with Gasteiger partial charge >= 0.3 is 5.69 Å². The van der Waals surface area contributed by atoms with Crippen molar-refractivity contribution in [1.29, 1.82) is 0 Å². The van der Waals surface area contributed by atoms with Crippen LogP contribution in [0.15, 0.2) is 34.1 Å². The summed E-state index contributed by atoms with van der Waals surface area (Å²) in [5, 5.41) is 22.6. The van der Waals surface area contributed by atoms with Gasteiger partial charge in [-0.2, -0.15) is 0 Å². The Bertz CT molecular complexity index is 1630. The highest BCUT2D eigenvalue weighted by Gasteiger charge is 2.42. The zero-order valence-electron chi connectivity index (χ0n) is 20.7. The number of benzene rings is 1. The summed E-state index contributed by atoms with van der Waals surface area (Å²) in [5.41, 5.74) is -0.708. The van der Waals surface area contributed by atoms with Gasteiger partial charge in [0.1, 0.15) is 5.82 Å². The molecule has 196 valence electrons. The first-order chi connectivity index (χ1) is 17.5. The molecule has 4 aromatic rings. The van der Waals surface area contributed by atoms with Crippen LogP contribution in [-0.2, 0) is 25.3 Å². The molecule has 3 atom stereocenters. The average Bonchev–Trinajstić information content (AvgIpc) is 3.42. The lowest BCUT2D eigenvalue weighted by Gasteiger charge is -2.34. The van der Waals surface area contributed by atoms with Crippen LogP contribution in [0.25, 0.3) is 22.2 Å². The molecule has 0 saturated carbocycles. The average molecular weight is 530 g/mol. The van der Waals surface area contributed by atoms with Crippen molar-refractivity contribution < 1.29 is 15.0 Å². The molecule has 1 aliphatic heterocycles. The largest absolute Gasteiger partial charge is 0.391 e. The lowest BCUT2D eigenvalue weighted by atomic mass is 9.91. The first kappa shape index (κ1) is 25.2. The maximum absolute atomic E-state index is 13.3. The van der Waals surface area contributed by atoms with Gasteiger partial charge in [0, 0.05) is 51.5 Å². The van der Waals surface area contributed by atoms with Gasteiger partial charge in [-0.3, -0.25) is 18.7 Å². The third-order valence-electron chi connectivity index (χ3n) is 7.12. The number of likely N-dealkylation sites (tertiary alicyclic amines) is 1. The minimum absolute atomic E-state index is 0.0163. The number of aromatic nitrogens is 6. The molecule has 1 aromatic carbocycles. The number of hydrogen-bond acceptors (Lipinski definition) is 7. The van der Waals surface area contributed by atoms with Crippen LogP contribution < -0.4 is 11.2 Å². The third kappa shape index (κ3) is 4.45. The summed E-state index contributed by atoms with van der Waals surface area (Å²) >= 11 is 6.04. The van der Waals surface area contributed by atoms with E-state index in [1.807, 2.05) is 0 Å². The number of nitrogens with one attached hydrogen (secondary N) is 1. The molecule has 12 nitrogen and oxygen atoms in total. The molecule has 3 aromatic heterocycles. The van der Waals surface area contributed by atoms with Gasteiger partial charge in [-0.25, -0.2) is 14.8 Å². The van der Waals surface area contributed by atoms with Crippen molar-refractivity contribution in [3.05, 3.63) is 56.2 Å². The molecule has 3 N–H and O–H groups in total. The van der Waals surface area contributed by atoms with Crippen LogP contribution in [0.5, 0.6) is 0 Å². The SMILES string of the molecule is Cn1c(=O)c2c(ncn2[C@@H]2CN(C(=O)CCc3nc4ccc(Cl)cc4[nH]3)C[C@@H](O)C[C@@]2(C)O)n(C)c1=O. The van der Waals surface area contributed by atoms with Gasteiger partial charge in [0.25, 0.3) is 5.56 Å². The van der Waals surface area contributed by atoms with Gasteiger partial charge in [-0.15, -0.1) is 0 Å². The van der Waals surface area contributed by atoms with Crippen molar-refractivity contribution in [1.82, 2.24) is 33.6 Å². The fourth-order valence-electron chi connectivity index (χ4n) is 5.14. The number of amides is 1. The molecular formula is C24H28ClN7O5. The highest BCUT2D eigenvalue weighted by Crippen LogP contribution is 2.33. The molecule has 13 heteroatoms. The Hall–Kier alpha value is -3.48. The van der Waals surface area contributed by atoms with Gasteiger partial charge in [0.2, 0.25) is 5.91 Å². The van der Waals surface area contributed by atoms with Crippen LogP contribution in [0, 0.1) is 0 Å². The fraction of sp³-hybridized carbons (Fsp3) is 0.458. The minimum Gasteiger partial charge on any atom is -0.391 e. The first-order valence-electron chi connectivity index (χ1n) is 11.9. The van der Waals surface area contributed by atoms with Crippen molar-refractivity contribution in [2.45, 2.75) is 43.9 Å².